The van der Waals surface area contributed by atoms with Gasteiger partial charge >= 0.3 is 11.9 Å². The Balaban J connectivity index is 3.07. The molecule has 0 aliphatic heterocycles. The lowest BCUT2D eigenvalue weighted by molar-refractivity contribution is -0.204. The normalized spacial score (nSPS) is 28.9. The highest BCUT2D eigenvalue weighted by molar-refractivity contribution is 5.91. The summed E-state index contributed by atoms with van der Waals surface area (Å²) in [7, 11) is 0. The van der Waals surface area contributed by atoms with E-state index >= 15 is 0 Å². The van der Waals surface area contributed by atoms with Crippen LogP contribution in [0.4, 0.5) is 0 Å². The van der Waals surface area contributed by atoms with Crippen molar-refractivity contribution < 1.29 is 29.0 Å². The SMILES string of the molecule is C=C(CCC=C(C)C)[C@H]1C[C@@H](OC(C)=O)[C@](C)(O)[C@@H](OC(C)=O)C1=O. The second-order valence-electron chi connectivity index (χ2n) is 6.98. The second kappa shape index (κ2) is 8.43. The summed E-state index contributed by atoms with van der Waals surface area (Å²) in [4.78, 5) is 35.5. The molecule has 25 heavy (non-hydrogen) atoms. The summed E-state index contributed by atoms with van der Waals surface area (Å²) in [5.74, 6) is -2.31. The van der Waals surface area contributed by atoms with Crippen LogP contribution >= 0.6 is 0 Å². The molecule has 4 atom stereocenters. The van der Waals surface area contributed by atoms with E-state index in [2.05, 4.69) is 6.58 Å². The molecule has 1 rings (SSSR count). The lowest BCUT2D eigenvalue weighted by Gasteiger charge is -2.44. The van der Waals surface area contributed by atoms with Crippen molar-refractivity contribution in [1.82, 2.24) is 0 Å². The molecule has 6 heteroatoms. The summed E-state index contributed by atoms with van der Waals surface area (Å²) >= 11 is 0. The Labute approximate surface area is 148 Å². The number of Topliss-reactive ketones (excluding diaryl/α,β-unsaturated/α-hetero) is 1. The molecule has 1 fully saturated rings. The van der Waals surface area contributed by atoms with Crippen LogP contribution in [0, 0.1) is 5.92 Å². The summed E-state index contributed by atoms with van der Waals surface area (Å²) in [6.45, 7) is 11.7. The molecule has 1 aliphatic carbocycles. The van der Waals surface area contributed by atoms with E-state index in [-0.39, 0.29) is 6.42 Å². The van der Waals surface area contributed by atoms with Gasteiger partial charge in [0.2, 0.25) is 0 Å². The molecule has 1 aliphatic rings. The van der Waals surface area contributed by atoms with E-state index in [0.717, 1.165) is 13.3 Å². The maximum atomic E-state index is 12.8. The van der Waals surface area contributed by atoms with E-state index in [9.17, 15) is 19.5 Å². The number of ether oxygens (including phenoxy) is 2. The van der Waals surface area contributed by atoms with Crippen LogP contribution in [0.1, 0.15) is 53.9 Å². The van der Waals surface area contributed by atoms with Gasteiger partial charge in [-0.25, -0.2) is 0 Å². The molecule has 0 bridgehead atoms. The number of hydrogen-bond donors (Lipinski definition) is 1. The zero-order chi connectivity index (χ0) is 19.4. The van der Waals surface area contributed by atoms with Crippen LogP contribution in [-0.2, 0) is 23.9 Å². The fourth-order valence-electron chi connectivity index (χ4n) is 3.01. The van der Waals surface area contributed by atoms with Crippen molar-refractivity contribution in [2.45, 2.75) is 71.7 Å². The molecule has 0 radical (unpaired) electrons. The van der Waals surface area contributed by atoms with Crippen LogP contribution < -0.4 is 0 Å². The molecular formula is C19H28O6. The Morgan fingerprint density at radius 3 is 2.28 bits per heavy atom. The molecule has 1 saturated carbocycles. The van der Waals surface area contributed by atoms with Crippen molar-refractivity contribution in [3.8, 4) is 0 Å². The van der Waals surface area contributed by atoms with Gasteiger partial charge in [0.1, 0.15) is 11.7 Å². The molecule has 6 nitrogen and oxygen atoms in total. The molecule has 0 amide bonds. The standard InChI is InChI=1S/C19H28O6/c1-11(2)8-7-9-12(3)15-10-16(24-13(4)20)19(6,23)18(17(15)22)25-14(5)21/h8,15-16,18,23H,3,7,9-10H2,1-2,4-6H3/t15-,16-,18+,19+/m1/s1. The fourth-order valence-corrected chi connectivity index (χ4v) is 3.01. The molecule has 0 aromatic heterocycles. The minimum atomic E-state index is -1.79. The Kier molecular flexibility index (Phi) is 7.11. The van der Waals surface area contributed by atoms with E-state index in [1.807, 2.05) is 19.9 Å². The van der Waals surface area contributed by atoms with E-state index in [1.165, 1.54) is 19.4 Å². The minimum Gasteiger partial charge on any atom is -0.459 e. The van der Waals surface area contributed by atoms with E-state index in [4.69, 9.17) is 9.47 Å². The fraction of sp³-hybridized carbons (Fsp3) is 0.632. The summed E-state index contributed by atoms with van der Waals surface area (Å²) < 4.78 is 10.3. The van der Waals surface area contributed by atoms with Crippen LogP contribution in [0.15, 0.2) is 23.8 Å². The van der Waals surface area contributed by atoms with Gasteiger partial charge in [-0.1, -0.05) is 23.8 Å². The number of allylic oxidation sites excluding steroid dienone is 3. The van der Waals surface area contributed by atoms with Gasteiger partial charge < -0.3 is 14.6 Å². The molecule has 1 N–H and O–H groups in total. The van der Waals surface area contributed by atoms with Crippen molar-refractivity contribution >= 4 is 17.7 Å². The number of rotatable bonds is 6. The largest absolute Gasteiger partial charge is 0.459 e. The van der Waals surface area contributed by atoms with Gasteiger partial charge in [0.15, 0.2) is 11.9 Å². The van der Waals surface area contributed by atoms with Crippen molar-refractivity contribution in [3.05, 3.63) is 23.8 Å². The molecule has 140 valence electrons. The second-order valence-corrected chi connectivity index (χ2v) is 6.98. The third-order valence-corrected chi connectivity index (χ3v) is 4.34. The van der Waals surface area contributed by atoms with Gasteiger partial charge in [-0.3, -0.25) is 14.4 Å². The Morgan fingerprint density at radius 1 is 1.24 bits per heavy atom. The summed E-state index contributed by atoms with van der Waals surface area (Å²) in [6, 6.07) is 0. The number of carbonyl (C=O) groups excluding carboxylic acids is 3. The average molecular weight is 352 g/mol. The minimum absolute atomic E-state index is 0.122. The lowest BCUT2D eigenvalue weighted by Crippen LogP contribution is -2.62. The quantitative estimate of drug-likeness (QED) is 0.583. The number of esters is 2. The predicted molar refractivity (Wildman–Crippen MR) is 92.7 cm³/mol. The third kappa shape index (κ3) is 5.53. The first-order valence-electron chi connectivity index (χ1n) is 8.38. The molecule has 0 saturated heterocycles. The predicted octanol–water partition coefficient (Wildman–Crippen LogP) is 2.49. The first kappa shape index (κ1) is 21.1. The molecule has 0 aromatic rings. The van der Waals surface area contributed by atoms with Gasteiger partial charge in [-0.15, -0.1) is 0 Å². The average Bonchev–Trinajstić information content (AvgIpc) is 2.45. The first-order chi connectivity index (χ1) is 11.5. The zero-order valence-electron chi connectivity index (χ0n) is 15.6. The van der Waals surface area contributed by atoms with Gasteiger partial charge in [0.05, 0.1) is 0 Å². The van der Waals surface area contributed by atoms with Crippen LogP contribution in [-0.4, -0.2) is 40.6 Å². The zero-order valence-corrected chi connectivity index (χ0v) is 15.6. The highest BCUT2D eigenvalue weighted by Gasteiger charge is 2.55. The van der Waals surface area contributed by atoms with Crippen LogP contribution in [0.25, 0.3) is 0 Å². The van der Waals surface area contributed by atoms with Crippen molar-refractivity contribution in [1.29, 1.82) is 0 Å². The van der Waals surface area contributed by atoms with Crippen LogP contribution in [0.3, 0.4) is 0 Å². The van der Waals surface area contributed by atoms with E-state index < -0.39 is 41.4 Å². The van der Waals surface area contributed by atoms with Crippen molar-refractivity contribution in [2.75, 3.05) is 0 Å². The Hall–Kier alpha value is -1.95. The van der Waals surface area contributed by atoms with Crippen LogP contribution in [0.5, 0.6) is 0 Å². The smallest absolute Gasteiger partial charge is 0.303 e. The summed E-state index contributed by atoms with van der Waals surface area (Å²) in [5.41, 5.74) is 0.0547. The molecular weight excluding hydrogens is 324 g/mol. The Morgan fingerprint density at radius 2 is 1.80 bits per heavy atom. The maximum Gasteiger partial charge on any atom is 0.303 e. The molecule has 0 unspecified atom stereocenters. The van der Waals surface area contributed by atoms with Gasteiger partial charge in [-0.05, 0) is 33.6 Å². The number of ketones is 1. The van der Waals surface area contributed by atoms with Gasteiger partial charge in [0, 0.05) is 26.2 Å². The topological polar surface area (TPSA) is 89.9 Å². The summed E-state index contributed by atoms with van der Waals surface area (Å²) in [5, 5.41) is 10.7. The monoisotopic (exact) mass is 352 g/mol. The lowest BCUT2D eigenvalue weighted by atomic mass is 9.71. The number of hydrogen-bond acceptors (Lipinski definition) is 6. The third-order valence-electron chi connectivity index (χ3n) is 4.34. The van der Waals surface area contributed by atoms with Gasteiger partial charge in [-0.2, -0.15) is 0 Å². The van der Waals surface area contributed by atoms with Gasteiger partial charge in [0.25, 0.3) is 0 Å². The summed E-state index contributed by atoms with van der Waals surface area (Å²) in [6.07, 6.45) is 1.13. The van der Waals surface area contributed by atoms with E-state index in [0.29, 0.717) is 12.0 Å². The number of aliphatic hydroxyl groups is 1. The highest BCUT2D eigenvalue weighted by Crippen LogP contribution is 2.38. The molecule has 0 spiro atoms. The maximum absolute atomic E-state index is 12.8. The number of carbonyl (C=O) groups is 3. The van der Waals surface area contributed by atoms with Crippen LogP contribution in [0.2, 0.25) is 0 Å². The molecule has 0 heterocycles. The van der Waals surface area contributed by atoms with E-state index in [1.54, 1.807) is 0 Å². The molecule has 0 aromatic carbocycles. The van der Waals surface area contributed by atoms with Crippen molar-refractivity contribution in [3.63, 3.8) is 0 Å². The Bertz CT molecular complexity index is 583. The first-order valence-corrected chi connectivity index (χ1v) is 8.38. The highest BCUT2D eigenvalue weighted by atomic mass is 16.6. The van der Waals surface area contributed by atoms with Crippen molar-refractivity contribution in [2.24, 2.45) is 5.92 Å².